The molecule has 0 bridgehead atoms. The van der Waals surface area contributed by atoms with Crippen LogP contribution in [0.4, 0.5) is 5.69 Å². The van der Waals surface area contributed by atoms with Gasteiger partial charge in [0.1, 0.15) is 0 Å². The maximum atomic E-state index is 12.2. The van der Waals surface area contributed by atoms with Gasteiger partial charge in [0.15, 0.2) is 5.58 Å². The number of aryl methyl sites for hydroxylation is 1. The van der Waals surface area contributed by atoms with Crippen LogP contribution < -0.4 is 11.1 Å². The van der Waals surface area contributed by atoms with Gasteiger partial charge in [0.25, 0.3) is 0 Å². The van der Waals surface area contributed by atoms with Gasteiger partial charge in [-0.1, -0.05) is 30.3 Å². The molecule has 2 heterocycles. The van der Waals surface area contributed by atoms with Gasteiger partial charge in [-0.25, -0.2) is 4.79 Å². The van der Waals surface area contributed by atoms with Crippen LogP contribution in [0.25, 0.3) is 11.1 Å². The molecule has 0 aliphatic carbocycles. The molecule has 2 aromatic heterocycles. The molecule has 0 fully saturated rings. The molecular weight excluding hydrogens is 376 g/mol. The van der Waals surface area contributed by atoms with Gasteiger partial charge in [0, 0.05) is 24.1 Å². The maximum Gasteiger partial charge on any atom is 0.419 e. The summed E-state index contributed by atoms with van der Waals surface area (Å²) >= 11 is 1.66. The first-order valence-corrected chi connectivity index (χ1v) is 9.76. The summed E-state index contributed by atoms with van der Waals surface area (Å²) in [4.78, 5) is 25.3. The minimum Gasteiger partial charge on any atom is -0.408 e. The van der Waals surface area contributed by atoms with Gasteiger partial charge in [0.05, 0.1) is 23.3 Å². The van der Waals surface area contributed by atoms with E-state index in [2.05, 4.69) is 10.4 Å². The van der Waals surface area contributed by atoms with Crippen molar-refractivity contribution < 1.29 is 9.21 Å². The summed E-state index contributed by atoms with van der Waals surface area (Å²) in [6, 6.07) is 17.2. The number of hydrogen-bond donors (Lipinski definition) is 1. The number of amides is 1. The monoisotopic (exact) mass is 394 g/mol. The third-order valence-corrected chi connectivity index (χ3v) is 5.16. The average Bonchev–Trinajstić information content (AvgIpc) is 3.28. The van der Waals surface area contributed by atoms with E-state index < -0.39 is 5.76 Å². The molecule has 0 spiro atoms. The number of benzene rings is 2. The van der Waals surface area contributed by atoms with Gasteiger partial charge in [-0.05, 0) is 24.3 Å². The highest BCUT2D eigenvalue weighted by atomic mass is 32.2. The van der Waals surface area contributed by atoms with Gasteiger partial charge < -0.3 is 9.73 Å². The van der Waals surface area contributed by atoms with Crippen LogP contribution in [0.15, 0.2) is 81.1 Å². The van der Waals surface area contributed by atoms with E-state index in [9.17, 15) is 9.59 Å². The molecule has 0 aliphatic heterocycles. The molecule has 2 aromatic carbocycles. The molecule has 1 N–H and O–H groups in total. The zero-order valence-corrected chi connectivity index (χ0v) is 15.8. The fraction of sp³-hybridized carbons (Fsp3) is 0.150. The lowest BCUT2D eigenvalue weighted by atomic mass is 10.3. The molecule has 4 aromatic rings. The number of thioether (sulfide) groups is 1. The van der Waals surface area contributed by atoms with Crippen molar-refractivity contribution in [2.45, 2.75) is 23.7 Å². The largest absolute Gasteiger partial charge is 0.419 e. The number of carbonyl (C=O) groups excluding carboxylic acids is 1. The Hall–Kier alpha value is -3.26. The molecule has 0 atom stereocenters. The number of nitrogens with zero attached hydrogens (tertiary/aromatic N) is 3. The molecular formula is C20H18N4O3S. The fourth-order valence-electron chi connectivity index (χ4n) is 2.82. The normalized spacial score (nSPS) is 11.0. The number of rotatable bonds is 7. The Kier molecular flexibility index (Phi) is 5.29. The Bertz CT molecular complexity index is 1150. The topological polar surface area (TPSA) is 82.1 Å². The third kappa shape index (κ3) is 4.17. The number of nitrogens with one attached hydrogen (secondary N) is 1. The van der Waals surface area contributed by atoms with E-state index in [1.165, 1.54) is 4.57 Å². The highest BCUT2D eigenvalue weighted by Gasteiger charge is 2.11. The molecule has 0 saturated carbocycles. The fourth-order valence-corrected chi connectivity index (χ4v) is 3.59. The van der Waals surface area contributed by atoms with E-state index in [0.29, 0.717) is 22.7 Å². The lowest BCUT2D eigenvalue weighted by Gasteiger charge is -2.04. The molecule has 1 amide bonds. The molecule has 0 unspecified atom stereocenters. The summed E-state index contributed by atoms with van der Waals surface area (Å²) in [5.41, 5.74) is 1.83. The van der Waals surface area contributed by atoms with Crippen LogP contribution in [0.2, 0.25) is 0 Å². The molecule has 0 radical (unpaired) electrons. The number of carbonyl (C=O) groups is 1. The van der Waals surface area contributed by atoms with E-state index >= 15 is 0 Å². The molecule has 28 heavy (non-hydrogen) atoms. The Morgan fingerprint density at radius 1 is 1.11 bits per heavy atom. The zero-order chi connectivity index (χ0) is 19.3. The van der Waals surface area contributed by atoms with Crippen molar-refractivity contribution in [3.63, 3.8) is 0 Å². The maximum absolute atomic E-state index is 12.2. The minimum atomic E-state index is -0.459. The summed E-state index contributed by atoms with van der Waals surface area (Å²) in [5.74, 6) is 0.00298. The highest BCUT2D eigenvalue weighted by molar-refractivity contribution is 7.98. The molecule has 0 saturated heterocycles. The van der Waals surface area contributed by atoms with Crippen molar-refractivity contribution in [1.29, 1.82) is 0 Å². The highest BCUT2D eigenvalue weighted by Crippen LogP contribution is 2.19. The average molecular weight is 394 g/mol. The Labute approximate surface area is 165 Å². The van der Waals surface area contributed by atoms with Gasteiger partial charge in [-0.2, -0.15) is 5.10 Å². The van der Waals surface area contributed by atoms with E-state index in [0.717, 1.165) is 4.90 Å². The second-order valence-electron chi connectivity index (χ2n) is 6.14. The smallest absolute Gasteiger partial charge is 0.408 e. The number of oxazole rings is 1. The van der Waals surface area contributed by atoms with E-state index in [4.69, 9.17) is 4.42 Å². The first-order chi connectivity index (χ1) is 13.7. The van der Waals surface area contributed by atoms with Crippen LogP contribution in [0.1, 0.15) is 6.42 Å². The van der Waals surface area contributed by atoms with E-state index in [1.807, 2.05) is 36.4 Å². The van der Waals surface area contributed by atoms with Crippen molar-refractivity contribution in [1.82, 2.24) is 14.3 Å². The summed E-state index contributed by atoms with van der Waals surface area (Å²) in [6.07, 6.45) is 3.56. The SMILES string of the molecule is O=C(CCn1c(=O)oc2ccccc21)Nc1cnn(CSc2ccccc2)c1. The van der Waals surface area contributed by atoms with Gasteiger partial charge in [-0.15, -0.1) is 11.8 Å². The number of fused-ring (bicyclic) bond motifs is 1. The van der Waals surface area contributed by atoms with E-state index in [1.54, 1.807) is 47.0 Å². The molecule has 4 rings (SSSR count). The first-order valence-electron chi connectivity index (χ1n) is 8.77. The Morgan fingerprint density at radius 3 is 2.75 bits per heavy atom. The third-order valence-electron chi connectivity index (χ3n) is 4.16. The van der Waals surface area contributed by atoms with Crippen LogP contribution in [-0.2, 0) is 17.2 Å². The predicted molar refractivity (Wildman–Crippen MR) is 108 cm³/mol. The lowest BCUT2D eigenvalue weighted by Crippen LogP contribution is -2.19. The van der Waals surface area contributed by atoms with Crippen molar-refractivity contribution in [3.8, 4) is 0 Å². The molecule has 7 nitrogen and oxygen atoms in total. The standard InChI is InChI=1S/C20H18N4O3S/c25-19(10-11-24-17-8-4-5-9-18(17)27-20(24)26)22-15-12-21-23(13-15)14-28-16-6-2-1-3-7-16/h1-9,12-13H,10-11,14H2,(H,22,25). The predicted octanol–water partition coefficient (Wildman–Crippen LogP) is 3.57. The van der Waals surface area contributed by atoms with Crippen LogP contribution >= 0.6 is 11.8 Å². The molecule has 142 valence electrons. The van der Waals surface area contributed by atoms with E-state index in [-0.39, 0.29) is 18.9 Å². The van der Waals surface area contributed by atoms with Crippen LogP contribution in [0.5, 0.6) is 0 Å². The minimum absolute atomic E-state index is 0.160. The molecule has 8 heteroatoms. The lowest BCUT2D eigenvalue weighted by molar-refractivity contribution is -0.116. The number of para-hydroxylation sites is 2. The Morgan fingerprint density at radius 2 is 1.89 bits per heavy atom. The summed E-state index contributed by atoms with van der Waals surface area (Å²) in [6.45, 7) is 0.250. The number of hydrogen-bond acceptors (Lipinski definition) is 5. The van der Waals surface area contributed by atoms with Crippen molar-refractivity contribution in [2.24, 2.45) is 0 Å². The summed E-state index contributed by atoms with van der Waals surface area (Å²) in [7, 11) is 0. The van der Waals surface area contributed by atoms with Crippen molar-refractivity contribution >= 4 is 34.5 Å². The summed E-state index contributed by atoms with van der Waals surface area (Å²) in [5, 5.41) is 7.07. The van der Waals surface area contributed by atoms with Crippen molar-refractivity contribution in [2.75, 3.05) is 5.32 Å². The zero-order valence-electron chi connectivity index (χ0n) is 14.9. The summed E-state index contributed by atoms with van der Waals surface area (Å²) < 4.78 is 8.41. The van der Waals surface area contributed by atoms with Crippen LogP contribution in [0, 0.1) is 0 Å². The molecule has 0 aliphatic rings. The van der Waals surface area contributed by atoms with Crippen LogP contribution in [-0.4, -0.2) is 20.3 Å². The van der Waals surface area contributed by atoms with Gasteiger partial charge >= 0.3 is 5.76 Å². The first kappa shape index (κ1) is 18.1. The quantitative estimate of drug-likeness (QED) is 0.485. The Balaban J connectivity index is 1.32. The van der Waals surface area contributed by atoms with Gasteiger partial charge in [0.2, 0.25) is 5.91 Å². The second-order valence-corrected chi connectivity index (χ2v) is 7.16. The van der Waals surface area contributed by atoms with Crippen molar-refractivity contribution in [3.05, 3.63) is 77.5 Å². The van der Waals surface area contributed by atoms with Gasteiger partial charge in [-0.3, -0.25) is 14.0 Å². The second kappa shape index (κ2) is 8.18. The number of aromatic nitrogens is 3. The van der Waals surface area contributed by atoms with Crippen LogP contribution in [0.3, 0.4) is 0 Å². The number of anilines is 1.